The summed E-state index contributed by atoms with van der Waals surface area (Å²) in [4.78, 5) is 45.8. The highest BCUT2D eigenvalue weighted by atomic mass is 31.1. The van der Waals surface area contributed by atoms with Crippen molar-refractivity contribution < 1.29 is 42.1 Å². The van der Waals surface area contributed by atoms with Gasteiger partial charge in [0, 0.05) is 10.5 Å². The molecule has 1 aliphatic heterocycles. The maximum atomic E-state index is 16.4. The van der Waals surface area contributed by atoms with E-state index in [0.29, 0.717) is 22.6 Å². The molecule has 5 atom stereocenters. The number of hydrogen-bond donors (Lipinski definition) is 3. The van der Waals surface area contributed by atoms with Gasteiger partial charge in [0.25, 0.3) is 5.56 Å². The molecule has 1 aliphatic rings. The maximum absolute atomic E-state index is 16.4. The van der Waals surface area contributed by atoms with Crippen molar-refractivity contribution in [2.45, 2.75) is 44.1 Å². The lowest BCUT2D eigenvalue weighted by Gasteiger charge is -2.37. The van der Waals surface area contributed by atoms with Crippen LogP contribution >= 0.6 is 8.25 Å². The number of rotatable bonds is 13. The zero-order valence-corrected chi connectivity index (χ0v) is 29.0. The molecule has 0 radical (unpaired) electrons. The third-order valence-electron chi connectivity index (χ3n) is 8.59. The van der Waals surface area contributed by atoms with E-state index in [2.05, 4.69) is 20.3 Å². The predicted molar refractivity (Wildman–Crippen MR) is 183 cm³/mol. The predicted octanol–water partition coefficient (Wildman–Crippen LogP) is 5.01. The van der Waals surface area contributed by atoms with Gasteiger partial charge in [0.05, 0.1) is 27.2 Å². The molecule has 1 unspecified atom stereocenters. The van der Waals surface area contributed by atoms with Crippen LogP contribution in [0.2, 0.25) is 0 Å². The molecule has 16 heteroatoms. The van der Waals surface area contributed by atoms with Gasteiger partial charge in [-0.1, -0.05) is 68.4 Å². The van der Waals surface area contributed by atoms with E-state index in [4.69, 9.17) is 23.5 Å². The quantitative estimate of drug-likeness (QED) is 0.110. The number of nitrogens with zero attached hydrogens (tertiary/aromatic N) is 3. The molecule has 1 saturated heterocycles. The number of halogens is 1. The molecule has 0 bridgehead atoms. The Balaban J connectivity index is 1.41. The maximum Gasteiger partial charge on any atom is 0.695 e. The van der Waals surface area contributed by atoms with Gasteiger partial charge in [0.1, 0.15) is 23.2 Å². The van der Waals surface area contributed by atoms with Crippen molar-refractivity contribution in [2.75, 3.05) is 26.1 Å². The number of H-pyrrole nitrogens is 1. The third-order valence-corrected chi connectivity index (χ3v) is 9.01. The summed E-state index contributed by atoms with van der Waals surface area (Å²) in [5.74, 6) is 0.244. The Bertz CT molecular complexity index is 2010. The number of alkyl halides is 1. The van der Waals surface area contributed by atoms with Gasteiger partial charge in [0.2, 0.25) is 11.9 Å². The number of ether oxygens (including phenoxy) is 4. The Morgan fingerprint density at radius 2 is 1.61 bits per heavy atom. The van der Waals surface area contributed by atoms with Crippen molar-refractivity contribution >= 4 is 31.3 Å². The fourth-order valence-electron chi connectivity index (χ4n) is 6.00. The number of imidazole rings is 1. The summed E-state index contributed by atoms with van der Waals surface area (Å²) in [6.45, 7) is 2.99. The first kappa shape index (κ1) is 35.8. The largest absolute Gasteiger partial charge is 0.695 e. The first-order valence-corrected chi connectivity index (χ1v) is 17.1. The first-order chi connectivity index (χ1) is 24.5. The highest BCUT2D eigenvalue weighted by molar-refractivity contribution is 7.32. The molecule has 51 heavy (non-hydrogen) atoms. The molecule has 5 aromatic rings. The highest BCUT2D eigenvalue weighted by Crippen LogP contribution is 2.44. The summed E-state index contributed by atoms with van der Waals surface area (Å²) in [5.41, 5.74) is -0.121. The smallest absolute Gasteiger partial charge is 0.497 e. The van der Waals surface area contributed by atoms with Crippen LogP contribution in [-0.2, 0) is 29.0 Å². The molecule has 266 valence electrons. The van der Waals surface area contributed by atoms with Crippen LogP contribution < -0.4 is 20.3 Å². The second-order valence-corrected chi connectivity index (χ2v) is 12.7. The molecule has 0 saturated carbocycles. The number of anilines is 1. The number of carbonyl (C=O) groups is 1. The molecule has 3 heterocycles. The third kappa shape index (κ3) is 7.12. The lowest BCUT2D eigenvalue weighted by atomic mass is 9.80. The van der Waals surface area contributed by atoms with Crippen molar-refractivity contribution in [3.8, 4) is 11.5 Å². The Hall–Kier alpha value is -5.05. The molecule has 0 aliphatic carbocycles. The van der Waals surface area contributed by atoms with Gasteiger partial charge >= 0.3 is 8.25 Å². The number of aromatic nitrogens is 4. The topological polar surface area (TPSA) is 176 Å². The molecular formula is C35H36FN5O9P+. The van der Waals surface area contributed by atoms with E-state index < -0.39 is 55.8 Å². The van der Waals surface area contributed by atoms with E-state index in [0.717, 1.165) is 5.56 Å². The number of methoxy groups -OCH3 is 2. The van der Waals surface area contributed by atoms with Gasteiger partial charge in [-0.15, -0.1) is 9.42 Å². The fraction of sp³-hybridized carbons (Fsp3) is 0.314. The van der Waals surface area contributed by atoms with Crippen LogP contribution in [0.4, 0.5) is 10.3 Å². The summed E-state index contributed by atoms with van der Waals surface area (Å²) in [6, 6.07) is 23.9. The average Bonchev–Trinajstić information content (AvgIpc) is 3.69. The standard InChI is InChI=1S/C35H35FN5O9P/c1-20(2)31(42)39-34-38-30-28(32(43)40-34)37-19-41(30)33-27(36)29(50-51(44)45)26(49-33)18-48-35(21-8-6-5-7-9-21,22-10-14-24(46-3)15-11-22)23-12-16-25(47-4)17-13-23/h5-17,19-20,26-27,29,33H,18H2,1-4H3,(H2-,38,39,40,42,43,44,45)/p+1/t26-,27-,29-,33-/m1/s1. The molecule has 3 aromatic carbocycles. The number of fused-ring (bicyclic) bond motifs is 1. The monoisotopic (exact) mass is 720 g/mol. The molecule has 3 N–H and O–H groups in total. The van der Waals surface area contributed by atoms with Gasteiger partial charge in [0.15, 0.2) is 29.7 Å². The van der Waals surface area contributed by atoms with Crippen LogP contribution in [-0.4, -0.2) is 69.5 Å². The van der Waals surface area contributed by atoms with Crippen LogP contribution in [0, 0.1) is 5.92 Å². The lowest BCUT2D eigenvalue weighted by Crippen LogP contribution is -2.39. The minimum absolute atomic E-state index is 0.0886. The molecule has 1 amide bonds. The molecule has 14 nitrogen and oxygen atoms in total. The zero-order chi connectivity index (χ0) is 36.3. The minimum Gasteiger partial charge on any atom is -0.497 e. The summed E-state index contributed by atoms with van der Waals surface area (Å²) in [7, 11) is -0.161. The number of carbonyl (C=O) groups excluding carboxylic acids is 1. The van der Waals surface area contributed by atoms with E-state index in [1.165, 1.54) is 10.9 Å². The van der Waals surface area contributed by atoms with E-state index in [-0.39, 0.29) is 23.7 Å². The normalized spacial score (nSPS) is 19.3. The van der Waals surface area contributed by atoms with E-state index in [1.807, 2.05) is 54.6 Å². The Labute approximate surface area is 292 Å². The van der Waals surface area contributed by atoms with Crippen LogP contribution in [0.15, 0.2) is 90.0 Å². The highest BCUT2D eigenvalue weighted by Gasteiger charge is 2.53. The van der Waals surface area contributed by atoms with Gasteiger partial charge in [-0.05, 0) is 41.0 Å². The summed E-state index contributed by atoms with van der Waals surface area (Å²) >= 11 is 0. The van der Waals surface area contributed by atoms with Crippen LogP contribution in [0.1, 0.15) is 36.8 Å². The molecule has 0 spiro atoms. The van der Waals surface area contributed by atoms with E-state index >= 15 is 4.39 Å². The second-order valence-electron chi connectivity index (χ2n) is 12.0. The molecular weight excluding hydrogens is 684 g/mol. The number of benzene rings is 3. The molecule has 2 aromatic heterocycles. The molecule has 6 rings (SSSR count). The second kappa shape index (κ2) is 15.1. The van der Waals surface area contributed by atoms with Crippen molar-refractivity contribution in [2.24, 2.45) is 5.92 Å². The van der Waals surface area contributed by atoms with E-state index in [9.17, 15) is 19.0 Å². The number of nitrogens with one attached hydrogen (secondary N) is 2. The number of aromatic amines is 1. The lowest BCUT2D eigenvalue weighted by molar-refractivity contribution is -0.118. The Kier molecular flexibility index (Phi) is 10.6. The van der Waals surface area contributed by atoms with Crippen molar-refractivity contribution in [3.63, 3.8) is 0 Å². The van der Waals surface area contributed by atoms with Gasteiger partial charge in [-0.25, -0.2) is 9.37 Å². The van der Waals surface area contributed by atoms with Crippen molar-refractivity contribution in [1.82, 2.24) is 19.5 Å². The number of hydrogen-bond acceptors (Lipinski definition) is 10. The first-order valence-electron chi connectivity index (χ1n) is 15.9. The Morgan fingerprint density at radius 3 is 2.16 bits per heavy atom. The summed E-state index contributed by atoms with van der Waals surface area (Å²) < 4.78 is 58.7. The Morgan fingerprint density at radius 1 is 1.02 bits per heavy atom. The summed E-state index contributed by atoms with van der Waals surface area (Å²) in [6.07, 6.45) is -5.25. The van der Waals surface area contributed by atoms with Crippen molar-refractivity contribution in [3.05, 3.63) is 112 Å². The summed E-state index contributed by atoms with van der Waals surface area (Å²) in [5, 5.41) is 2.52. The van der Waals surface area contributed by atoms with Gasteiger partial charge in [-0.3, -0.25) is 24.5 Å². The van der Waals surface area contributed by atoms with Crippen LogP contribution in [0.25, 0.3) is 11.2 Å². The van der Waals surface area contributed by atoms with Gasteiger partial charge < -0.3 is 18.9 Å². The fourth-order valence-corrected chi connectivity index (χ4v) is 6.46. The SMILES string of the molecule is COc1ccc(C(OC[C@H]2O[C@@H](n3cnc4c(=O)[nH]c(NC(=O)C(C)C)nc43)[C@H](F)[C@@H]2O[P+](=O)O)(c2ccccc2)c2ccc(OC)cc2)cc1. The van der Waals surface area contributed by atoms with Crippen molar-refractivity contribution in [1.29, 1.82) is 0 Å². The molecule has 1 fully saturated rings. The van der Waals surface area contributed by atoms with Gasteiger partial charge in [-0.2, -0.15) is 4.98 Å². The zero-order valence-electron chi connectivity index (χ0n) is 28.1. The van der Waals surface area contributed by atoms with E-state index in [1.54, 1.807) is 52.3 Å². The minimum atomic E-state index is -3.28. The average molecular weight is 721 g/mol. The number of amides is 1. The van der Waals surface area contributed by atoms with Crippen LogP contribution in [0.5, 0.6) is 11.5 Å². The van der Waals surface area contributed by atoms with Crippen LogP contribution in [0.3, 0.4) is 0 Å².